The molecular formula is C15H13F3N4O. The summed E-state index contributed by atoms with van der Waals surface area (Å²) in [7, 11) is 0. The minimum Gasteiger partial charge on any atom is -0.329 e. The lowest BCUT2D eigenvalue weighted by Crippen LogP contribution is -2.41. The van der Waals surface area contributed by atoms with Crippen LogP contribution in [-0.4, -0.2) is 38.3 Å². The number of benzene rings is 1. The Morgan fingerprint density at radius 2 is 1.91 bits per heavy atom. The van der Waals surface area contributed by atoms with E-state index in [-0.39, 0.29) is 13.1 Å². The molecule has 0 radical (unpaired) electrons. The molecule has 1 amide bonds. The molecule has 0 saturated heterocycles. The highest BCUT2D eigenvalue weighted by molar-refractivity contribution is 5.99. The predicted octanol–water partition coefficient (Wildman–Crippen LogP) is 2.27. The second-order valence-electron chi connectivity index (χ2n) is 5.13. The van der Waals surface area contributed by atoms with Crippen molar-refractivity contribution >= 4 is 12.0 Å². The third kappa shape index (κ3) is 3.25. The molecular weight excluding hydrogens is 309 g/mol. The standard InChI is InChI=1S/C15H13F3N4O/c16-15(17,18)12(8-11-4-2-1-3-5-11)14(23)21-6-7-22-10-19-20-13(22)9-21/h1-5,8,10H,6-7,9H2/b12-8-. The largest absolute Gasteiger partial charge is 0.421 e. The third-order valence-corrected chi connectivity index (χ3v) is 3.57. The fourth-order valence-electron chi connectivity index (χ4n) is 2.39. The molecule has 0 fully saturated rings. The second kappa shape index (κ2) is 5.86. The molecule has 0 spiro atoms. The highest BCUT2D eigenvalue weighted by Gasteiger charge is 2.41. The zero-order valence-electron chi connectivity index (χ0n) is 12.0. The van der Waals surface area contributed by atoms with Crippen LogP contribution in [0, 0.1) is 0 Å². The van der Waals surface area contributed by atoms with Crippen molar-refractivity contribution in [2.75, 3.05) is 6.54 Å². The maximum absolute atomic E-state index is 13.3. The van der Waals surface area contributed by atoms with Gasteiger partial charge >= 0.3 is 6.18 Å². The van der Waals surface area contributed by atoms with Crippen LogP contribution in [-0.2, 0) is 17.9 Å². The summed E-state index contributed by atoms with van der Waals surface area (Å²) in [4.78, 5) is 13.5. The summed E-state index contributed by atoms with van der Waals surface area (Å²) >= 11 is 0. The van der Waals surface area contributed by atoms with Crippen LogP contribution in [0.3, 0.4) is 0 Å². The lowest BCUT2D eigenvalue weighted by molar-refractivity contribution is -0.140. The van der Waals surface area contributed by atoms with E-state index in [2.05, 4.69) is 10.2 Å². The topological polar surface area (TPSA) is 51.0 Å². The van der Waals surface area contributed by atoms with E-state index in [1.165, 1.54) is 18.5 Å². The van der Waals surface area contributed by atoms with E-state index in [9.17, 15) is 18.0 Å². The molecule has 2 aromatic rings. The number of fused-ring (bicyclic) bond motifs is 1. The van der Waals surface area contributed by atoms with Gasteiger partial charge in [-0.15, -0.1) is 10.2 Å². The molecule has 120 valence electrons. The van der Waals surface area contributed by atoms with Crippen LogP contribution in [0.4, 0.5) is 13.2 Å². The number of rotatable bonds is 2. The highest BCUT2D eigenvalue weighted by atomic mass is 19.4. The Bertz CT molecular complexity index is 737. The van der Waals surface area contributed by atoms with Crippen LogP contribution in [0.5, 0.6) is 0 Å². The first kappa shape index (κ1) is 15.3. The van der Waals surface area contributed by atoms with Gasteiger partial charge in [-0.3, -0.25) is 4.79 Å². The lowest BCUT2D eigenvalue weighted by Gasteiger charge is -2.28. The summed E-state index contributed by atoms with van der Waals surface area (Å²) < 4.78 is 41.6. The van der Waals surface area contributed by atoms with Gasteiger partial charge in [0.15, 0.2) is 5.82 Å². The van der Waals surface area contributed by atoms with E-state index < -0.39 is 17.7 Å². The van der Waals surface area contributed by atoms with Crippen molar-refractivity contribution in [2.45, 2.75) is 19.3 Å². The molecule has 0 unspecified atom stereocenters. The van der Waals surface area contributed by atoms with E-state index >= 15 is 0 Å². The number of carbonyl (C=O) groups is 1. The van der Waals surface area contributed by atoms with Crippen molar-refractivity contribution in [1.82, 2.24) is 19.7 Å². The van der Waals surface area contributed by atoms with E-state index in [4.69, 9.17) is 0 Å². The SMILES string of the molecule is O=C(/C(=C/c1ccccc1)C(F)(F)F)N1CCn2cnnc2C1. The zero-order valence-corrected chi connectivity index (χ0v) is 12.0. The smallest absolute Gasteiger partial charge is 0.329 e. The first-order valence-corrected chi connectivity index (χ1v) is 6.95. The Hall–Kier alpha value is -2.64. The number of hydrogen-bond donors (Lipinski definition) is 0. The van der Waals surface area contributed by atoms with Gasteiger partial charge in [-0.25, -0.2) is 0 Å². The van der Waals surface area contributed by atoms with Crippen LogP contribution >= 0.6 is 0 Å². The molecule has 0 N–H and O–H groups in total. The molecule has 2 heterocycles. The second-order valence-corrected chi connectivity index (χ2v) is 5.13. The maximum Gasteiger partial charge on any atom is 0.421 e. The van der Waals surface area contributed by atoms with Gasteiger partial charge in [0.1, 0.15) is 11.9 Å². The number of nitrogens with zero attached hydrogens (tertiary/aromatic N) is 4. The minimum absolute atomic E-state index is 0.0149. The van der Waals surface area contributed by atoms with Crippen molar-refractivity contribution in [2.24, 2.45) is 0 Å². The normalized spacial score (nSPS) is 15.4. The minimum atomic E-state index is -4.72. The number of carbonyl (C=O) groups excluding carboxylic acids is 1. The zero-order chi connectivity index (χ0) is 16.4. The molecule has 1 aromatic heterocycles. The number of amides is 1. The van der Waals surface area contributed by atoms with Gasteiger partial charge in [0.05, 0.1) is 6.54 Å². The number of hydrogen-bond acceptors (Lipinski definition) is 3. The van der Waals surface area contributed by atoms with Gasteiger partial charge < -0.3 is 9.47 Å². The van der Waals surface area contributed by atoms with E-state index in [1.54, 1.807) is 22.8 Å². The fourth-order valence-corrected chi connectivity index (χ4v) is 2.39. The highest BCUT2D eigenvalue weighted by Crippen LogP contribution is 2.30. The summed E-state index contributed by atoms with van der Waals surface area (Å²) in [6.45, 7) is 0.581. The average Bonchev–Trinajstić information content (AvgIpc) is 2.99. The van der Waals surface area contributed by atoms with Gasteiger partial charge in [0, 0.05) is 13.1 Å². The Labute approximate surface area is 130 Å². The Balaban J connectivity index is 1.89. The van der Waals surface area contributed by atoms with E-state index in [0.29, 0.717) is 17.9 Å². The number of alkyl halides is 3. The van der Waals surface area contributed by atoms with Crippen LogP contribution in [0.2, 0.25) is 0 Å². The molecule has 8 heteroatoms. The summed E-state index contributed by atoms with van der Waals surface area (Å²) in [5.74, 6) is -0.568. The quantitative estimate of drug-likeness (QED) is 0.797. The van der Waals surface area contributed by atoms with Gasteiger partial charge in [-0.1, -0.05) is 30.3 Å². The van der Waals surface area contributed by atoms with Gasteiger partial charge in [0.25, 0.3) is 5.91 Å². The van der Waals surface area contributed by atoms with E-state index in [1.807, 2.05) is 0 Å². The number of aromatic nitrogens is 3. The molecule has 0 aliphatic carbocycles. The summed E-state index contributed by atoms with van der Waals surface area (Å²) in [6, 6.07) is 7.98. The third-order valence-electron chi connectivity index (χ3n) is 3.57. The molecule has 0 bridgehead atoms. The Morgan fingerprint density at radius 1 is 1.17 bits per heavy atom. The van der Waals surface area contributed by atoms with Crippen LogP contribution < -0.4 is 0 Å². The van der Waals surface area contributed by atoms with Crippen molar-refractivity contribution in [3.8, 4) is 0 Å². The Kier molecular flexibility index (Phi) is 3.89. The average molecular weight is 322 g/mol. The van der Waals surface area contributed by atoms with E-state index in [0.717, 1.165) is 11.0 Å². The summed E-state index contributed by atoms with van der Waals surface area (Å²) in [5.41, 5.74) is -0.856. The molecule has 0 atom stereocenters. The maximum atomic E-state index is 13.3. The first-order valence-electron chi connectivity index (χ1n) is 6.95. The molecule has 3 rings (SSSR count). The van der Waals surface area contributed by atoms with Gasteiger partial charge in [0.2, 0.25) is 0 Å². The predicted molar refractivity (Wildman–Crippen MR) is 75.9 cm³/mol. The van der Waals surface area contributed by atoms with Gasteiger partial charge in [-0.2, -0.15) is 13.2 Å². The fraction of sp³-hybridized carbons (Fsp3) is 0.267. The monoisotopic (exact) mass is 322 g/mol. The van der Waals surface area contributed by atoms with Crippen molar-refractivity contribution in [3.63, 3.8) is 0 Å². The van der Waals surface area contributed by atoms with Crippen LogP contribution in [0.1, 0.15) is 11.4 Å². The van der Waals surface area contributed by atoms with Gasteiger partial charge in [-0.05, 0) is 11.6 Å². The van der Waals surface area contributed by atoms with Crippen molar-refractivity contribution < 1.29 is 18.0 Å². The van der Waals surface area contributed by atoms with Crippen molar-refractivity contribution in [1.29, 1.82) is 0 Å². The lowest BCUT2D eigenvalue weighted by atomic mass is 10.1. The van der Waals surface area contributed by atoms with Crippen LogP contribution in [0.25, 0.3) is 6.08 Å². The molecule has 1 aliphatic rings. The van der Waals surface area contributed by atoms with Crippen molar-refractivity contribution in [3.05, 3.63) is 53.6 Å². The molecule has 1 aliphatic heterocycles. The molecule has 23 heavy (non-hydrogen) atoms. The summed E-state index contributed by atoms with van der Waals surface area (Å²) in [5, 5.41) is 7.51. The Morgan fingerprint density at radius 3 is 2.61 bits per heavy atom. The molecule has 1 aromatic carbocycles. The van der Waals surface area contributed by atoms with Crippen LogP contribution in [0.15, 0.2) is 42.2 Å². The molecule has 5 nitrogen and oxygen atoms in total. The first-order chi connectivity index (χ1) is 10.9. The molecule has 0 saturated carbocycles. The number of halogens is 3. The summed E-state index contributed by atoms with van der Waals surface area (Å²) in [6.07, 6.45) is -2.35.